The van der Waals surface area contributed by atoms with E-state index in [-0.39, 0.29) is 28.6 Å². The van der Waals surface area contributed by atoms with E-state index in [0.29, 0.717) is 22.8 Å². The lowest BCUT2D eigenvalue weighted by molar-refractivity contribution is 0.0994. The topological polar surface area (TPSA) is 111 Å². The van der Waals surface area contributed by atoms with Crippen LogP contribution in [0.25, 0.3) is 28.4 Å². The second-order valence-corrected chi connectivity index (χ2v) is 7.15. The molecule has 0 aliphatic carbocycles. The van der Waals surface area contributed by atoms with E-state index in [1.54, 1.807) is 13.8 Å². The zero-order valence-electron chi connectivity index (χ0n) is 17.4. The third kappa shape index (κ3) is 3.80. The fourth-order valence-electron chi connectivity index (χ4n) is 3.32. The van der Waals surface area contributed by atoms with Gasteiger partial charge in [-0.2, -0.15) is 4.98 Å². The van der Waals surface area contributed by atoms with Crippen LogP contribution in [0, 0.1) is 25.5 Å². The molecular weight excluding hydrogens is 432 g/mol. The minimum atomic E-state index is -0.591. The first-order valence-electron chi connectivity index (χ1n) is 9.77. The van der Waals surface area contributed by atoms with Gasteiger partial charge >= 0.3 is 0 Å². The molecule has 33 heavy (non-hydrogen) atoms. The van der Waals surface area contributed by atoms with Gasteiger partial charge in [0.15, 0.2) is 11.7 Å². The number of aryl methyl sites for hydroxylation is 2. The van der Waals surface area contributed by atoms with Crippen molar-refractivity contribution in [3.63, 3.8) is 0 Å². The summed E-state index contributed by atoms with van der Waals surface area (Å²) in [6, 6.07) is 6.77. The van der Waals surface area contributed by atoms with Crippen LogP contribution < -0.4 is 5.32 Å². The number of amides is 1. The number of benzene rings is 1. The van der Waals surface area contributed by atoms with Crippen LogP contribution in [-0.2, 0) is 0 Å². The zero-order chi connectivity index (χ0) is 23.1. The minimum Gasteiger partial charge on any atom is -0.436 e. The molecule has 0 saturated heterocycles. The van der Waals surface area contributed by atoms with Gasteiger partial charge in [0.1, 0.15) is 17.3 Å². The second-order valence-electron chi connectivity index (χ2n) is 7.15. The number of nitrogens with one attached hydrogen (secondary N) is 1. The van der Waals surface area contributed by atoms with Gasteiger partial charge in [0.2, 0.25) is 5.76 Å². The van der Waals surface area contributed by atoms with Gasteiger partial charge in [0.05, 0.1) is 11.3 Å². The van der Waals surface area contributed by atoms with Crippen molar-refractivity contribution in [1.82, 2.24) is 29.5 Å². The predicted molar refractivity (Wildman–Crippen MR) is 113 cm³/mol. The molecule has 0 bridgehead atoms. The average molecular weight is 447 g/mol. The summed E-state index contributed by atoms with van der Waals surface area (Å²) < 4.78 is 35.3. The molecule has 5 rings (SSSR count). The van der Waals surface area contributed by atoms with Crippen LogP contribution in [0.15, 0.2) is 53.3 Å². The highest BCUT2D eigenvalue weighted by Gasteiger charge is 2.18. The molecule has 0 fully saturated rings. The molecule has 5 aromatic rings. The highest BCUT2D eigenvalue weighted by Crippen LogP contribution is 2.25. The van der Waals surface area contributed by atoms with E-state index in [9.17, 15) is 13.6 Å². The molecule has 1 amide bonds. The molecule has 164 valence electrons. The molecule has 1 N–H and O–H groups in total. The zero-order valence-corrected chi connectivity index (χ0v) is 17.4. The lowest BCUT2D eigenvalue weighted by Gasteiger charge is -2.06. The number of nitrogens with zero attached hydrogens (tertiary/aromatic N) is 6. The first-order chi connectivity index (χ1) is 15.9. The third-order valence-electron chi connectivity index (χ3n) is 4.80. The molecule has 9 nitrogen and oxygen atoms in total. The number of rotatable bonds is 4. The Labute approximate surface area is 185 Å². The summed E-state index contributed by atoms with van der Waals surface area (Å²) >= 11 is 0. The van der Waals surface area contributed by atoms with Gasteiger partial charge in [0, 0.05) is 36.8 Å². The van der Waals surface area contributed by atoms with Gasteiger partial charge in [-0.3, -0.25) is 9.78 Å². The number of aromatic nitrogens is 6. The lowest BCUT2D eigenvalue weighted by atomic mass is 10.1. The number of pyridine rings is 1. The van der Waals surface area contributed by atoms with Crippen LogP contribution in [0.2, 0.25) is 0 Å². The average Bonchev–Trinajstić information content (AvgIpc) is 3.37. The van der Waals surface area contributed by atoms with Gasteiger partial charge in [-0.25, -0.2) is 23.3 Å². The van der Waals surface area contributed by atoms with Gasteiger partial charge in [-0.15, -0.1) is 5.10 Å². The van der Waals surface area contributed by atoms with Crippen LogP contribution in [0.1, 0.15) is 22.1 Å². The smallest absolute Gasteiger partial charge is 0.293 e. The first-order valence-corrected chi connectivity index (χ1v) is 9.77. The standard InChI is InChI=1S/C22H15F2N7O2/c1-11-19(33-12(2)27-11)21(32)28-14-5-6-16(23)15(8-14)20-29-22-26-9-13(10-31(22)30-20)18-17(24)4-3-7-25-18/h3-10H,1-2H3,(H,28,32). The Bertz CT molecular complexity index is 1530. The highest BCUT2D eigenvalue weighted by molar-refractivity contribution is 6.03. The van der Waals surface area contributed by atoms with Crippen LogP contribution in [-0.4, -0.2) is 35.5 Å². The number of carbonyl (C=O) groups is 1. The monoisotopic (exact) mass is 447 g/mol. The van der Waals surface area contributed by atoms with Gasteiger partial charge in [-0.05, 0) is 37.3 Å². The molecule has 0 saturated carbocycles. The first kappa shape index (κ1) is 20.4. The Morgan fingerprint density at radius 3 is 2.70 bits per heavy atom. The molecule has 0 unspecified atom stereocenters. The fraction of sp³-hybridized carbons (Fsp3) is 0.0909. The molecule has 0 aliphatic heterocycles. The molecule has 0 atom stereocenters. The van der Waals surface area contributed by atoms with Crippen LogP contribution in [0.4, 0.5) is 14.5 Å². The molecule has 0 radical (unpaired) electrons. The SMILES string of the molecule is Cc1nc(C)c(C(=O)Nc2ccc(F)c(-c3nc4ncc(-c5ncccc5F)cn4n3)c2)o1. The molecule has 4 heterocycles. The number of anilines is 1. The van der Waals surface area contributed by atoms with Crippen molar-refractivity contribution in [2.24, 2.45) is 0 Å². The van der Waals surface area contributed by atoms with E-state index < -0.39 is 17.5 Å². The Morgan fingerprint density at radius 1 is 1.09 bits per heavy atom. The molecule has 0 spiro atoms. The molecular formula is C22H15F2N7O2. The van der Waals surface area contributed by atoms with E-state index in [4.69, 9.17) is 4.42 Å². The van der Waals surface area contributed by atoms with Crippen molar-refractivity contribution in [2.75, 3.05) is 5.32 Å². The van der Waals surface area contributed by atoms with Crippen molar-refractivity contribution in [1.29, 1.82) is 0 Å². The number of halogens is 2. The minimum absolute atomic E-state index is 0.0430. The summed E-state index contributed by atoms with van der Waals surface area (Å²) in [6.07, 6.45) is 4.38. The number of fused-ring (bicyclic) bond motifs is 1. The quantitative estimate of drug-likeness (QED) is 0.443. The summed E-state index contributed by atoms with van der Waals surface area (Å²) in [7, 11) is 0. The largest absolute Gasteiger partial charge is 0.436 e. The van der Waals surface area contributed by atoms with Gasteiger partial charge in [-0.1, -0.05) is 0 Å². The van der Waals surface area contributed by atoms with E-state index in [2.05, 4.69) is 30.4 Å². The van der Waals surface area contributed by atoms with Crippen LogP contribution in [0.5, 0.6) is 0 Å². The lowest BCUT2D eigenvalue weighted by Crippen LogP contribution is -2.12. The normalized spacial score (nSPS) is 11.2. The summed E-state index contributed by atoms with van der Waals surface area (Å²) in [5, 5.41) is 6.92. The van der Waals surface area contributed by atoms with E-state index in [1.807, 2.05) is 0 Å². The Hall–Kier alpha value is -4.54. The maximum absolute atomic E-state index is 14.6. The second kappa shape index (κ2) is 7.86. The van der Waals surface area contributed by atoms with E-state index in [1.165, 1.54) is 53.4 Å². The molecule has 0 aliphatic rings. The van der Waals surface area contributed by atoms with Crippen LogP contribution >= 0.6 is 0 Å². The van der Waals surface area contributed by atoms with Gasteiger partial charge in [0.25, 0.3) is 11.7 Å². The van der Waals surface area contributed by atoms with Crippen molar-refractivity contribution in [3.8, 4) is 22.6 Å². The Balaban J connectivity index is 1.48. The van der Waals surface area contributed by atoms with Gasteiger partial charge < -0.3 is 9.73 Å². The van der Waals surface area contributed by atoms with E-state index in [0.717, 1.165) is 0 Å². The fourth-order valence-corrected chi connectivity index (χ4v) is 3.32. The summed E-state index contributed by atoms with van der Waals surface area (Å²) in [5.41, 5.74) is 1.30. The number of hydrogen-bond acceptors (Lipinski definition) is 7. The Kier molecular flexibility index (Phi) is 4.85. The molecule has 1 aromatic carbocycles. The summed E-state index contributed by atoms with van der Waals surface area (Å²) in [6.45, 7) is 3.29. The molecule has 11 heteroatoms. The molecule has 4 aromatic heterocycles. The maximum Gasteiger partial charge on any atom is 0.293 e. The van der Waals surface area contributed by atoms with Crippen molar-refractivity contribution in [3.05, 3.63) is 77.9 Å². The van der Waals surface area contributed by atoms with Crippen molar-refractivity contribution >= 4 is 17.4 Å². The predicted octanol–water partition coefficient (Wildman–Crippen LogP) is 3.99. The number of hydrogen-bond donors (Lipinski definition) is 1. The van der Waals surface area contributed by atoms with Crippen molar-refractivity contribution < 1.29 is 18.0 Å². The number of oxazole rings is 1. The summed E-state index contributed by atoms with van der Waals surface area (Å²) in [5.74, 6) is -0.950. The van der Waals surface area contributed by atoms with Crippen LogP contribution in [0.3, 0.4) is 0 Å². The van der Waals surface area contributed by atoms with Crippen molar-refractivity contribution in [2.45, 2.75) is 13.8 Å². The van der Waals surface area contributed by atoms with E-state index >= 15 is 0 Å². The Morgan fingerprint density at radius 2 is 1.94 bits per heavy atom. The third-order valence-corrected chi connectivity index (χ3v) is 4.80. The highest BCUT2D eigenvalue weighted by atomic mass is 19.1. The summed E-state index contributed by atoms with van der Waals surface area (Å²) in [4.78, 5) is 29.0. The number of carbonyl (C=O) groups excluding carboxylic acids is 1. The maximum atomic E-state index is 14.6.